The van der Waals surface area contributed by atoms with Crippen molar-refractivity contribution in [2.24, 2.45) is 0 Å². The monoisotopic (exact) mass is 296 g/mol. The fraction of sp³-hybridized carbons (Fsp3) is 0.316. The highest BCUT2D eigenvalue weighted by Gasteiger charge is 2.35. The fourth-order valence-electron chi connectivity index (χ4n) is 3.38. The van der Waals surface area contributed by atoms with Crippen LogP contribution < -0.4 is 0 Å². The van der Waals surface area contributed by atoms with Crippen molar-refractivity contribution in [3.63, 3.8) is 0 Å². The van der Waals surface area contributed by atoms with Crippen LogP contribution >= 0.6 is 0 Å². The Kier molecular flexibility index (Phi) is 3.65. The van der Waals surface area contributed by atoms with Crippen molar-refractivity contribution in [1.82, 2.24) is 0 Å². The summed E-state index contributed by atoms with van der Waals surface area (Å²) < 4.78 is 0. The average Bonchev–Trinajstić information content (AvgIpc) is 2.86. The lowest BCUT2D eigenvalue weighted by Crippen LogP contribution is -2.16. The summed E-state index contributed by atoms with van der Waals surface area (Å²) in [5.74, 6) is -0.211. The second-order valence-corrected chi connectivity index (χ2v) is 5.84. The average molecular weight is 296 g/mol. The molecule has 1 aromatic carbocycles. The summed E-state index contributed by atoms with van der Waals surface area (Å²) in [5, 5.41) is 20.0. The lowest BCUT2D eigenvalue weighted by molar-refractivity contribution is -0.114. The third-order valence-electron chi connectivity index (χ3n) is 4.29. The van der Waals surface area contributed by atoms with Crippen molar-refractivity contribution in [2.45, 2.75) is 39.5 Å². The molecule has 0 saturated heterocycles. The molecule has 3 nitrogen and oxygen atoms in total. The molecule has 0 bridgehead atoms. The maximum absolute atomic E-state index is 12.5. The molecule has 0 radical (unpaired) electrons. The SMILES string of the molecule is CCCC1=C(O)C(=O)C2=Cc3cc(O)ccc3C2=C1CCC. The molecular formula is C19H20O3. The lowest BCUT2D eigenvalue weighted by Gasteiger charge is -2.23. The molecule has 1 aromatic rings. The number of carbonyl (C=O) groups is 1. The molecular weight excluding hydrogens is 276 g/mol. The molecule has 0 aliphatic heterocycles. The van der Waals surface area contributed by atoms with Crippen LogP contribution in [-0.2, 0) is 4.79 Å². The standard InChI is InChI=1S/C19H20O3/c1-3-5-14-15(6-4-2)18(21)19(22)16-10-11-9-12(20)7-8-13(11)17(14)16/h7-10,20-21H,3-6H2,1-2H3. The Morgan fingerprint density at radius 2 is 1.68 bits per heavy atom. The number of aromatic hydroxyl groups is 1. The first-order valence-corrected chi connectivity index (χ1v) is 7.84. The van der Waals surface area contributed by atoms with Crippen LogP contribution in [0, 0.1) is 0 Å². The normalized spacial score (nSPS) is 16.8. The summed E-state index contributed by atoms with van der Waals surface area (Å²) in [4.78, 5) is 12.5. The van der Waals surface area contributed by atoms with Gasteiger partial charge in [0.15, 0.2) is 5.76 Å². The highest BCUT2D eigenvalue weighted by molar-refractivity contribution is 6.26. The molecule has 0 aromatic heterocycles. The number of Topliss-reactive ketones (excluding diaryl/α,β-unsaturated/α-hetero) is 1. The molecule has 0 spiro atoms. The molecule has 2 aliphatic rings. The van der Waals surface area contributed by atoms with E-state index in [9.17, 15) is 15.0 Å². The molecule has 3 heteroatoms. The minimum atomic E-state index is -0.297. The van der Waals surface area contributed by atoms with Crippen LogP contribution in [0.2, 0.25) is 0 Å². The zero-order valence-electron chi connectivity index (χ0n) is 12.9. The predicted octanol–water partition coefficient (Wildman–Crippen LogP) is 4.54. The van der Waals surface area contributed by atoms with Crippen LogP contribution in [0.1, 0.15) is 50.7 Å². The number of hydrogen-bond donors (Lipinski definition) is 2. The number of allylic oxidation sites excluding steroid dienone is 4. The van der Waals surface area contributed by atoms with Crippen molar-refractivity contribution in [3.05, 3.63) is 51.8 Å². The molecule has 22 heavy (non-hydrogen) atoms. The summed E-state index contributed by atoms with van der Waals surface area (Å²) in [6, 6.07) is 5.17. The van der Waals surface area contributed by atoms with Crippen molar-refractivity contribution in [1.29, 1.82) is 0 Å². The molecule has 0 atom stereocenters. The molecule has 0 unspecified atom stereocenters. The highest BCUT2D eigenvalue weighted by Crippen LogP contribution is 2.47. The van der Waals surface area contributed by atoms with Crippen molar-refractivity contribution in [3.8, 4) is 5.75 Å². The van der Waals surface area contributed by atoms with E-state index in [2.05, 4.69) is 6.92 Å². The third kappa shape index (κ3) is 2.08. The number of aliphatic hydroxyl groups is 1. The van der Waals surface area contributed by atoms with Gasteiger partial charge in [0.1, 0.15) is 5.75 Å². The van der Waals surface area contributed by atoms with Gasteiger partial charge in [-0.15, -0.1) is 0 Å². The van der Waals surface area contributed by atoms with Crippen LogP contribution in [0.3, 0.4) is 0 Å². The van der Waals surface area contributed by atoms with E-state index in [0.29, 0.717) is 12.0 Å². The first-order valence-electron chi connectivity index (χ1n) is 7.84. The molecule has 3 rings (SSSR count). The highest BCUT2D eigenvalue weighted by atomic mass is 16.3. The summed E-state index contributed by atoms with van der Waals surface area (Å²) in [5.41, 5.74) is 5.20. The topological polar surface area (TPSA) is 57.5 Å². The van der Waals surface area contributed by atoms with Gasteiger partial charge >= 0.3 is 0 Å². The van der Waals surface area contributed by atoms with Crippen LogP contribution in [0.25, 0.3) is 11.6 Å². The maximum atomic E-state index is 12.5. The molecule has 2 N–H and O–H groups in total. The Hall–Kier alpha value is -2.29. The zero-order valence-corrected chi connectivity index (χ0v) is 12.9. The van der Waals surface area contributed by atoms with Gasteiger partial charge in [-0.2, -0.15) is 0 Å². The van der Waals surface area contributed by atoms with E-state index < -0.39 is 0 Å². The second kappa shape index (κ2) is 5.48. The molecule has 0 fully saturated rings. The number of carbonyl (C=O) groups excluding carboxylic acids is 1. The Balaban J connectivity index is 2.27. The molecule has 114 valence electrons. The maximum Gasteiger partial charge on any atom is 0.228 e. The van der Waals surface area contributed by atoms with E-state index in [-0.39, 0.29) is 17.3 Å². The zero-order chi connectivity index (χ0) is 15.9. The Labute approximate surface area is 130 Å². The van der Waals surface area contributed by atoms with Gasteiger partial charge in [-0.3, -0.25) is 4.79 Å². The minimum Gasteiger partial charge on any atom is -0.508 e. The Morgan fingerprint density at radius 3 is 2.36 bits per heavy atom. The van der Waals surface area contributed by atoms with Crippen LogP contribution in [0.4, 0.5) is 0 Å². The number of phenolic OH excluding ortho intramolecular Hbond substituents is 1. The summed E-state index contributed by atoms with van der Waals surface area (Å²) in [6.45, 7) is 4.14. The van der Waals surface area contributed by atoms with Gasteiger partial charge in [0.05, 0.1) is 0 Å². The molecule has 0 amide bonds. The quantitative estimate of drug-likeness (QED) is 0.857. The predicted molar refractivity (Wildman–Crippen MR) is 87.5 cm³/mol. The number of ketones is 1. The van der Waals surface area contributed by atoms with Crippen molar-refractivity contribution >= 4 is 17.4 Å². The number of aliphatic hydroxyl groups excluding tert-OH is 1. The summed E-state index contributed by atoms with van der Waals surface area (Å²) in [7, 11) is 0. The van der Waals surface area contributed by atoms with Gasteiger partial charge in [-0.1, -0.05) is 32.8 Å². The summed E-state index contributed by atoms with van der Waals surface area (Å²) in [6.07, 6.45) is 5.15. The van der Waals surface area contributed by atoms with Crippen LogP contribution in [0.15, 0.2) is 40.7 Å². The first kappa shape index (κ1) is 14.6. The van der Waals surface area contributed by atoms with Gasteiger partial charge in [0.25, 0.3) is 0 Å². The van der Waals surface area contributed by atoms with E-state index in [0.717, 1.165) is 47.1 Å². The van der Waals surface area contributed by atoms with E-state index in [1.54, 1.807) is 18.2 Å². The number of phenols is 1. The van der Waals surface area contributed by atoms with Crippen molar-refractivity contribution < 1.29 is 15.0 Å². The third-order valence-corrected chi connectivity index (χ3v) is 4.29. The van der Waals surface area contributed by atoms with Gasteiger partial charge < -0.3 is 10.2 Å². The van der Waals surface area contributed by atoms with Crippen molar-refractivity contribution in [2.75, 3.05) is 0 Å². The minimum absolute atomic E-state index is 0.0997. The number of hydrogen-bond acceptors (Lipinski definition) is 3. The first-order chi connectivity index (χ1) is 10.6. The van der Waals surface area contributed by atoms with Gasteiger partial charge in [-0.25, -0.2) is 0 Å². The van der Waals surface area contributed by atoms with E-state index >= 15 is 0 Å². The van der Waals surface area contributed by atoms with E-state index in [1.807, 2.05) is 13.0 Å². The van der Waals surface area contributed by atoms with E-state index in [1.165, 1.54) is 0 Å². The summed E-state index contributed by atoms with van der Waals surface area (Å²) >= 11 is 0. The van der Waals surface area contributed by atoms with Crippen LogP contribution in [-0.4, -0.2) is 16.0 Å². The smallest absolute Gasteiger partial charge is 0.228 e. The number of rotatable bonds is 4. The second-order valence-electron chi connectivity index (χ2n) is 5.84. The molecule has 0 saturated carbocycles. The Morgan fingerprint density at radius 1 is 1.00 bits per heavy atom. The fourth-order valence-corrected chi connectivity index (χ4v) is 3.38. The largest absolute Gasteiger partial charge is 0.508 e. The number of benzene rings is 1. The molecule has 0 heterocycles. The van der Waals surface area contributed by atoms with E-state index in [4.69, 9.17) is 0 Å². The van der Waals surface area contributed by atoms with Gasteiger partial charge in [-0.05, 0) is 53.3 Å². The Bertz CT molecular complexity index is 748. The van der Waals surface area contributed by atoms with Gasteiger partial charge in [0.2, 0.25) is 5.78 Å². The molecule has 2 aliphatic carbocycles. The van der Waals surface area contributed by atoms with Gasteiger partial charge in [0, 0.05) is 11.1 Å². The number of fused-ring (bicyclic) bond motifs is 3. The lowest BCUT2D eigenvalue weighted by atomic mass is 9.81. The van der Waals surface area contributed by atoms with Crippen LogP contribution in [0.5, 0.6) is 5.75 Å².